The van der Waals surface area contributed by atoms with Crippen molar-refractivity contribution in [2.45, 2.75) is 25.8 Å². The van der Waals surface area contributed by atoms with Gasteiger partial charge in [-0.1, -0.05) is 60.7 Å². The van der Waals surface area contributed by atoms with E-state index in [0.29, 0.717) is 37.2 Å². The fourth-order valence-corrected chi connectivity index (χ4v) is 4.29. The van der Waals surface area contributed by atoms with Crippen LogP contribution in [0.1, 0.15) is 33.7 Å². The normalized spacial score (nSPS) is 12.8. The minimum absolute atomic E-state index is 0.152. The molecule has 0 bridgehead atoms. The Labute approximate surface area is 199 Å². The quantitative estimate of drug-likeness (QED) is 0.409. The van der Waals surface area contributed by atoms with Crippen molar-refractivity contribution >= 4 is 17.5 Å². The summed E-state index contributed by atoms with van der Waals surface area (Å²) in [6.07, 6.45) is 1.96. The zero-order valence-electron chi connectivity index (χ0n) is 18.9. The maximum Gasteiger partial charge on any atom is 0.255 e. The third kappa shape index (κ3) is 4.94. The van der Waals surface area contributed by atoms with E-state index in [-0.39, 0.29) is 11.8 Å². The second kappa shape index (κ2) is 9.79. The summed E-state index contributed by atoms with van der Waals surface area (Å²) in [4.78, 5) is 27.2. The highest BCUT2D eigenvalue weighted by atomic mass is 16.3. The molecule has 1 aromatic heterocycles. The molecule has 5 nitrogen and oxygen atoms in total. The molecule has 0 radical (unpaired) electrons. The predicted octanol–water partition coefficient (Wildman–Crippen LogP) is 5.72. The summed E-state index contributed by atoms with van der Waals surface area (Å²) in [5.74, 6) is 1.70. The molecule has 34 heavy (non-hydrogen) atoms. The number of rotatable bonds is 6. The van der Waals surface area contributed by atoms with Gasteiger partial charge in [-0.25, -0.2) is 0 Å². The van der Waals surface area contributed by atoms with Crippen LogP contribution in [0.3, 0.4) is 0 Å². The van der Waals surface area contributed by atoms with E-state index in [0.717, 1.165) is 29.1 Å². The molecule has 4 aromatic rings. The van der Waals surface area contributed by atoms with Crippen LogP contribution in [-0.4, -0.2) is 23.3 Å². The number of amides is 2. The number of aryl methyl sites for hydroxylation is 1. The molecule has 0 spiro atoms. The van der Waals surface area contributed by atoms with E-state index in [4.69, 9.17) is 4.42 Å². The lowest BCUT2D eigenvalue weighted by atomic mass is 10.1. The topological polar surface area (TPSA) is 62.6 Å². The number of nitrogens with one attached hydrogen (secondary N) is 1. The van der Waals surface area contributed by atoms with Gasteiger partial charge in [0, 0.05) is 48.3 Å². The van der Waals surface area contributed by atoms with Crippen molar-refractivity contribution in [3.63, 3.8) is 0 Å². The van der Waals surface area contributed by atoms with Gasteiger partial charge in [-0.3, -0.25) is 9.59 Å². The van der Waals surface area contributed by atoms with Gasteiger partial charge < -0.3 is 14.6 Å². The average Bonchev–Trinajstić information content (AvgIpc) is 3.32. The highest BCUT2D eigenvalue weighted by Gasteiger charge is 2.24. The van der Waals surface area contributed by atoms with E-state index in [2.05, 4.69) is 17.4 Å². The predicted molar refractivity (Wildman–Crippen MR) is 132 cm³/mol. The number of carbonyl (C=O) groups excluding carboxylic acids is 2. The summed E-state index contributed by atoms with van der Waals surface area (Å²) in [7, 11) is 0. The zero-order chi connectivity index (χ0) is 23.3. The number of fused-ring (bicyclic) bond motifs is 1. The van der Waals surface area contributed by atoms with Gasteiger partial charge in [0.25, 0.3) is 5.91 Å². The molecule has 1 aliphatic heterocycles. The van der Waals surface area contributed by atoms with Crippen LogP contribution < -0.4 is 5.32 Å². The number of hydrogen-bond donors (Lipinski definition) is 1. The summed E-state index contributed by atoms with van der Waals surface area (Å²) < 4.78 is 6.14. The molecule has 3 aromatic carbocycles. The first kappa shape index (κ1) is 21.7. The van der Waals surface area contributed by atoms with Crippen LogP contribution in [0.25, 0.3) is 11.3 Å². The Bertz CT molecular complexity index is 1300. The van der Waals surface area contributed by atoms with E-state index < -0.39 is 0 Å². The largest absolute Gasteiger partial charge is 0.461 e. The van der Waals surface area contributed by atoms with Crippen LogP contribution in [0, 0.1) is 0 Å². The molecule has 2 amide bonds. The molecule has 0 saturated carbocycles. The molecule has 1 N–H and O–H groups in total. The summed E-state index contributed by atoms with van der Waals surface area (Å²) in [6, 6.07) is 28.9. The number of benzene rings is 3. The van der Waals surface area contributed by atoms with Gasteiger partial charge >= 0.3 is 0 Å². The molecule has 0 unspecified atom stereocenters. The molecule has 0 aliphatic carbocycles. The van der Waals surface area contributed by atoms with Crippen LogP contribution in [0.5, 0.6) is 0 Å². The van der Waals surface area contributed by atoms with Gasteiger partial charge in [0.05, 0.1) is 0 Å². The van der Waals surface area contributed by atoms with Gasteiger partial charge in [-0.15, -0.1) is 0 Å². The average molecular weight is 451 g/mol. The van der Waals surface area contributed by atoms with Crippen molar-refractivity contribution in [2.75, 3.05) is 11.9 Å². The van der Waals surface area contributed by atoms with Crippen molar-refractivity contribution < 1.29 is 14.0 Å². The number of furan rings is 1. The third-order valence-electron chi connectivity index (χ3n) is 6.13. The number of carbonyl (C=O) groups is 2. The highest BCUT2D eigenvalue weighted by molar-refractivity contribution is 6.04. The van der Waals surface area contributed by atoms with Crippen molar-refractivity contribution in [1.82, 2.24) is 4.90 Å². The van der Waals surface area contributed by atoms with Crippen LogP contribution >= 0.6 is 0 Å². The second-order valence-electron chi connectivity index (χ2n) is 8.51. The van der Waals surface area contributed by atoms with Crippen molar-refractivity contribution in [3.05, 3.63) is 113 Å². The number of nitrogens with zero attached hydrogens (tertiary/aromatic N) is 1. The van der Waals surface area contributed by atoms with E-state index in [9.17, 15) is 9.59 Å². The van der Waals surface area contributed by atoms with Crippen molar-refractivity contribution in [1.29, 1.82) is 0 Å². The van der Waals surface area contributed by atoms with Gasteiger partial charge in [0.2, 0.25) is 5.91 Å². The molecule has 0 saturated heterocycles. The van der Waals surface area contributed by atoms with E-state index in [1.54, 1.807) is 12.1 Å². The lowest BCUT2D eigenvalue weighted by Gasteiger charge is -2.26. The Morgan fingerprint density at radius 2 is 1.65 bits per heavy atom. The molecule has 1 aliphatic rings. The monoisotopic (exact) mass is 450 g/mol. The molecule has 2 heterocycles. The van der Waals surface area contributed by atoms with Crippen LogP contribution in [-0.2, 0) is 24.2 Å². The summed E-state index contributed by atoms with van der Waals surface area (Å²) in [6.45, 7) is 1.23. The third-order valence-corrected chi connectivity index (χ3v) is 6.13. The summed E-state index contributed by atoms with van der Waals surface area (Å²) >= 11 is 0. The van der Waals surface area contributed by atoms with E-state index in [1.165, 1.54) is 5.56 Å². The van der Waals surface area contributed by atoms with Crippen LogP contribution in [0.15, 0.2) is 95.4 Å². The minimum atomic E-state index is -0.152. The second-order valence-corrected chi connectivity index (χ2v) is 8.51. The van der Waals surface area contributed by atoms with Gasteiger partial charge in [0.15, 0.2) is 0 Å². The Kier molecular flexibility index (Phi) is 6.25. The SMILES string of the molecule is O=C(Nc1cccc(-c2cc3c(o2)CCN(C(=O)CCc2ccccc2)C3)c1)c1ccccc1. The maximum absolute atomic E-state index is 12.8. The van der Waals surface area contributed by atoms with Gasteiger partial charge in [0.1, 0.15) is 11.5 Å². The first-order valence-corrected chi connectivity index (χ1v) is 11.6. The van der Waals surface area contributed by atoms with Gasteiger partial charge in [-0.2, -0.15) is 0 Å². The maximum atomic E-state index is 12.8. The Morgan fingerprint density at radius 3 is 2.44 bits per heavy atom. The molecule has 5 rings (SSSR count). The first-order valence-electron chi connectivity index (χ1n) is 11.6. The lowest BCUT2D eigenvalue weighted by molar-refractivity contribution is -0.132. The fourth-order valence-electron chi connectivity index (χ4n) is 4.29. The highest BCUT2D eigenvalue weighted by Crippen LogP contribution is 2.31. The standard InChI is InChI=1S/C29H26N2O3/c32-28(15-14-21-8-3-1-4-9-21)31-17-16-26-24(20-31)19-27(34-26)23-12-7-13-25(18-23)30-29(33)22-10-5-2-6-11-22/h1-13,18-19H,14-17,20H2,(H,30,33). The molecule has 170 valence electrons. The van der Waals surface area contributed by atoms with Gasteiger partial charge in [-0.05, 0) is 42.3 Å². The van der Waals surface area contributed by atoms with Crippen molar-refractivity contribution in [2.24, 2.45) is 0 Å². The zero-order valence-corrected chi connectivity index (χ0v) is 18.9. The number of anilines is 1. The Hall–Kier alpha value is -4.12. The molecule has 5 heteroatoms. The number of hydrogen-bond acceptors (Lipinski definition) is 3. The fraction of sp³-hybridized carbons (Fsp3) is 0.172. The van der Waals surface area contributed by atoms with E-state index in [1.807, 2.05) is 71.6 Å². The van der Waals surface area contributed by atoms with Crippen LogP contribution in [0.2, 0.25) is 0 Å². The van der Waals surface area contributed by atoms with Crippen molar-refractivity contribution in [3.8, 4) is 11.3 Å². The minimum Gasteiger partial charge on any atom is -0.461 e. The van der Waals surface area contributed by atoms with E-state index >= 15 is 0 Å². The summed E-state index contributed by atoms with van der Waals surface area (Å²) in [5.41, 5.74) is 4.44. The molecule has 0 atom stereocenters. The molecular weight excluding hydrogens is 424 g/mol. The lowest BCUT2D eigenvalue weighted by Crippen LogP contribution is -2.35. The molecule has 0 fully saturated rings. The van der Waals surface area contributed by atoms with Crippen LogP contribution in [0.4, 0.5) is 5.69 Å². The Morgan fingerprint density at radius 1 is 0.882 bits per heavy atom. The Balaban J connectivity index is 1.25. The summed E-state index contributed by atoms with van der Waals surface area (Å²) in [5, 5.41) is 2.95. The molecular formula is C29H26N2O3. The first-order chi connectivity index (χ1) is 16.7. The smallest absolute Gasteiger partial charge is 0.255 e.